The SMILES string of the molecule is NC(N)=NCCC[C@H](NC(=O)CN1CCN(S(=O)(=O)Cc2ccccc2)C[C@H](NS(=O)(=O)Cc2ccccc2)C1=O)C(=O)c1nccs1. The third-order valence-corrected chi connectivity index (χ3v) is 11.3. The lowest BCUT2D eigenvalue weighted by molar-refractivity contribution is -0.136. The van der Waals surface area contributed by atoms with Gasteiger partial charge in [-0.15, -0.1) is 11.3 Å². The maximum absolute atomic E-state index is 13.8. The van der Waals surface area contributed by atoms with Crippen LogP contribution < -0.4 is 21.5 Å². The summed E-state index contributed by atoms with van der Waals surface area (Å²) in [4.78, 5) is 49.3. The van der Waals surface area contributed by atoms with E-state index in [1.807, 2.05) is 0 Å². The number of sulfonamides is 2. The van der Waals surface area contributed by atoms with Gasteiger partial charge in [-0.1, -0.05) is 60.7 Å². The summed E-state index contributed by atoms with van der Waals surface area (Å²) in [5.41, 5.74) is 11.7. The number of aromatic nitrogens is 1. The zero-order chi connectivity index (χ0) is 34.7. The number of thiazole rings is 1. The van der Waals surface area contributed by atoms with Crippen molar-refractivity contribution in [2.75, 3.05) is 32.7 Å². The van der Waals surface area contributed by atoms with Gasteiger partial charge >= 0.3 is 0 Å². The first-order valence-corrected chi connectivity index (χ1v) is 19.1. The normalized spacial score (nSPS) is 16.5. The van der Waals surface area contributed by atoms with E-state index in [2.05, 4.69) is 20.0 Å². The number of ketones is 1. The average Bonchev–Trinajstić information content (AvgIpc) is 3.53. The number of carbonyl (C=O) groups excluding carboxylic acids is 3. The molecule has 1 saturated heterocycles. The lowest BCUT2D eigenvalue weighted by atomic mass is 10.1. The maximum atomic E-state index is 13.8. The minimum atomic E-state index is -4.14. The molecule has 2 aromatic carbocycles. The van der Waals surface area contributed by atoms with Crippen molar-refractivity contribution in [3.05, 3.63) is 88.4 Å². The summed E-state index contributed by atoms with van der Waals surface area (Å²) in [6.07, 6.45) is 1.98. The highest BCUT2D eigenvalue weighted by atomic mass is 32.2. The molecular weight excluding hydrogens is 681 g/mol. The summed E-state index contributed by atoms with van der Waals surface area (Å²) in [5.74, 6) is -2.85. The quantitative estimate of drug-likeness (QED) is 0.0672. The summed E-state index contributed by atoms with van der Waals surface area (Å²) >= 11 is 1.11. The van der Waals surface area contributed by atoms with E-state index in [0.717, 1.165) is 20.5 Å². The number of nitrogens with zero attached hydrogens (tertiary/aromatic N) is 4. The molecule has 0 aliphatic carbocycles. The molecule has 2 heterocycles. The third-order valence-electron chi connectivity index (χ3n) is 7.30. The minimum Gasteiger partial charge on any atom is -0.370 e. The van der Waals surface area contributed by atoms with Crippen LogP contribution in [-0.2, 0) is 41.1 Å². The summed E-state index contributed by atoms with van der Waals surface area (Å²) in [7, 11) is -8.15. The molecule has 15 nitrogen and oxygen atoms in total. The molecular formula is C30H38N8O7S3. The number of hydrogen-bond donors (Lipinski definition) is 4. The molecule has 0 bridgehead atoms. The van der Waals surface area contributed by atoms with Gasteiger partial charge in [0.2, 0.25) is 37.6 Å². The summed E-state index contributed by atoms with van der Waals surface area (Å²) in [6, 6.07) is 14.2. The van der Waals surface area contributed by atoms with Crippen LogP contribution in [0.3, 0.4) is 0 Å². The first kappa shape index (κ1) is 36.6. The van der Waals surface area contributed by atoms with Gasteiger partial charge in [0.05, 0.1) is 24.1 Å². The van der Waals surface area contributed by atoms with E-state index in [4.69, 9.17) is 11.5 Å². The number of nitrogens with one attached hydrogen (secondary N) is 2. The van der Waals surface area contributed by atoms with Crippen LogP contribution in [-0.4, -0.2) is 99.4 Å². The predicted octanol–water partition coefficient (Wildman–Crippen LogP) is 0.0266. The number of carbonyl (C=O) groups is 3. The highest BCUT2D eigenvalue weighted by Gasteiger charge is 2.38. The Labute approximate surface area is 283 Å². The van der Waals surface area contributed by atoms with Crippen molar-refractivity contribution >= 4 is 54.9 Å². The van der Waals surface area contributed by atoms with Crippen molar-refractivity contribution in [3.63, 3.8) is 0 Å². The molecule has 0 spiro atoms. The molecule has 0 saturated carbocycles. The smallest absolute Gasteiger partial charge is 0.242 e. The maximum Gasteiger partial charge on any atom is 0.242 e. The zero-order valence-corrected chi connectivity index (χ0v) is 28.4. The van der Waals surface area contributed by atoms with Crippen molar-refractivity contribution in [3.8, 4) is 0 Å². The van der Waals surface area contributed by atoms with Crippen molar-refractivity contribution in [2.45, 2.75) is 36.4 Å². The molecule has 258 valence electrons. The molecule has 0 radical (unpaired) electrons. The number of amides is 2. The van der Waals surface area contributed by atoms with Gasteiger partial charge < -0.3 is 21.7 Å². The molecule has 4 rings (SSSR count). The van der Waals surface area contributed by atoms with Crippen LogP contribution in [0.15, 0.2) is 77.2 Å². The highest BCUT2D eigenvalue weighted by Crippen LogP contribution is 2.17. The van der Waals surface area contributed by atoms with Crippen molar-refractivity contribution in [1.29, 1.82) is 0 Å². The number of guanidine groups is 1. The molecule has 2 atom stereocenters. The highest BCUT2D eigenvalue weighted by molar-refractivity contribution is 7.89. The molecule has 18 heteroatoms. The Morgan fingerprint density at radius 2 is 1.62 bits per heavy atom. The van der Waals surface area contributed by atoms with Crippen molar-refractivity contribution in [1.82, 2.24) is 24.2 Å². The number of nitrogens with two attached hydrogens (primary N) is 2. The Morgan fingerprint density at radius 1 is 0.979 bits per heavy atom. The Bertz CT molecular complexity index is 1790. The largest absolute Gasteiger partial charge is 0.370 e. The Hall–Kier alpha value is -4.23. The van der Waals surface area contributed by atoms with E-state index in [1.54, 1.807) is 66.0 Å². The van der Waals surface area contributed by atoms with Gasteiger partial charge in [0.1, 0.15) is 6.04 Å². The number of aliphatic imine (C=N–C) groups is 1. The lowest BCUT2D eigenvalue weighted by Crippen LogP contribution is -2.53. The fraction of sp³-hybridized carbons (Fsp3) is 0.367. The third kappa shape index (κ3) is 10.9. The van der Waals surface area contributed by atoms with E-state index < -0.39 is 68.6 Å². The van der Waals surface area contributed by atoms with Crippen molar-refractivity contribution < 1.29 is 31.2 Å². The second-order valence-corrected chi connectivity index (χ2v) is 15.7. The number of Topliss-reactive ketones (excluding diaryl/α,β-unsaturated/α-hetero) is 1. The second-order valence-electron chi connectivity index (χ2n) is 11.0. The molecule has 0 unspecified atom stereocenters. The zero-order valence-electron chi connectivity index (χ0n) is 26.0. The van der Waals surface area contributed by atoms with Crippen LogP contribution in [0.5, 0.6) is 0 Å². The Balaban J connectivity index is 1.54. The second kappa shape index (κ2) is 16.7. The first-order valence-electron chi connectivity index (χ1n) is 15.0. The molecule has 2 amide bonds. The van der Waals surface area contributed by atoms with Crippen LogP contribution in [0.2, 0.25) is 0 Å². The van der Waals surface area contributed by atoms with E-state index >= 15 is 0 Å². The summed E-state index contributed by atoms with van der Waals surface area (Å²) in [6.45, 7) is -1.21. The fourth-order valence-electron chi connectivity index (χ4n) is 5.04. The average molecular weight is 719 g/mol. The summed E-state index contributed by atoms with van der Waals surface area (Å²) in [5, 5.41) is 4.46. The van der Waals surface area contributed by atoms with Gasteiger partial charge in [-0.25, -0.2) is 26.5 Å². The van der Waals surface area contributed by atoms with E-state index in [-0.39, 0.29) is 42.8 Å². The molecule has 48 heavy (non-hydrogen) atoms. The van der Waals surface area contributed by atoms with Crippen LogP contribution in [0.4, 0.5) is 0 Å². The number of hydrogen-bond acceptors (Lipinski definition) is 10. The molecule has 6 N–H and O–H groups in total. The Kier molecular flexibility index (Phi) is 12.8. The van der Waals surface area contributed by atoms with E-state index in [9.17, 15) is 31.2 Å². The van der Waals surface area contributed by atoms with Crippen LogP contribution in [0.25, 0.3) is 0 Å². The van der Waals surface area contributed by atoms with E-state index in [0.29, 0.717) is 17.5 Å². The standard InChI is InChI=1S/C30H38N8O7S3/c31-30(32)34-13-7-12-24(27(40)28-33-14-17-46-28)35-26(39)19-37-15-16-38(48(44,45)21-23-10-5-2-6-11-23)18-25(29(37)41)36-47(42,43)20-22-8-3-1-4-9-22/h1-6,8-11,14,17,24-25,36H,7,12-13,15-16,18-21H2,(H,35,39)(H4,31,32,34)/t24-,25-/m0/s1. The Morgan fingerprint density at radius 3 is 2.23 bits per heavy atom. The van der Waals surface area contributed by atoms with Gasteiger partial charge in [-0.05, 0) is 24.0 Å². The van der Waals surface area contributed by atoms with E-state index in [1.165, 1.54) is 6.20 Å². The topological polar surface area (TPSA) is 227 Å². The minimum absolute atomic E-state index is 0.115. The molecule has 3 aromatic rings. The lowest BCUT2D eigenvalue weighted by Gasteiger charge is -2.25. The molecule has 1 aromatic heterocycles. The molecule has 1 aliphatic rings. The van der Waals surface area contributed by atoms with Gasteiger partial charge in [-0.2, -0.15) is 4.31 Å². The predicted molar refractivity (Wildman–Crippen MR) is 181 cm³/mol. The number of benzene rings is 2. The van der Waals surface area contributed by atoms with Gasteiger partial charge in [0.15, 0.2) is 11.0 Å². The van der Waals surface area contributed by atoms with Gasteiger partial charge in [0.25, 0.3) is 0 Å². The molecule has 1 fully saturated rings. The van der Waals surface area contributed by atoms with Crippen LogP contribution >= 0.6 is 11.3 Å². The first-order chi connectivity index (χ1) is 22.8. The monoisotopic (exact) mass is 718 g/mol. The van der Waals surface area contributed by atoms with Gasteiger partial charge in [-0.3, -0.25) is 19.4 Å². The number of rotatable bonds is 16. The van der Waals surface area contributed by atoms with Crippen molar-refractivity contribution in [2.24, 2.45) is 16.5 Å². The van der Waals surface area contributed by atoms with Crippen LogP contribution in [0, 0.1) is 0 Å². The van der Waals surface area contributed by atoms with Gasteiger partial charge in [0, 0.05) is 37.8 Å². The molecule has 1 aliphatic heterocycles. The fourth-order valence-corrected chi connectivity index (χ4v) is 8.53. The summed E-state index contributed by atoms with van der Waals surface area (Å²) < 4.78 is 56.9. The van der Waals surface area contributed by atoms with Crippen LogP contribution in [0.1, 0.15) is 33.8 Å².